The molecule has 0 radical (unpaired) electrons. The molecular formula is C9H8F3IN2O3. The fourth-order valence-electron chi connectivity index (χ4n) is 0.797. The van der Waals surface area contributed by atoms with Crippen molar-refractivity contribution >= 4 is 34.2 Å². The highest BCUT2D eigenvalue weighted by molar-refractivity contribution is 14.1. The van der Waals surface area contributed by atoms with Crippen LogP contribution in [-0.2, 0) is 4.79 Å². The van der Waals surface area contributed by atoms with E-state index in [-0.39, 0.29) is 10.6 Å². The van der Waals surface area contributed by atoms with Gasteiger partial charge in [-0.3, -0.25) is 14.9 Å². The van der Waals surface area contributed by atoms with Crippen molar-refractivity contribution in [3.8, 4) is 0 Å². The number of hydrogen-bond acceptors (Lipinski definition) is 3. The number of benzene rings is 1. The first-order valence-electron chi connectivity index (χ1n) is 4.37. The van der Waals surface area contributed by atoms with E-state index in [1.165, 1.54) is 6.07 Å². The minimum atomic E-state index is -4.45. The predicted octanol–water partition coefficient (Wildman–Crippen LogP) is 2.62. The summed E-state index contributed by atoms with van der Waals surface area (Å²) in [6, 6.07) is 6.62. The second kappa shape index (κ2) is 7.13. The molecule has 0 atom stereocenters. The smallest absolute Gasteiger partial charge is 0.369 e. The summed E-state index contributed by atoms with van der Waals surface area (Å²) in [7, 11) is 0. The molecule has 0 saturated heterocycles. The Morgan fingerprint density at radius 2 is 1.89 bits per heavy atom. The molecular weight excluding hydrogens is 368 g/mol. The number of hydrogen-bond donors (Lipinski definition) is 1. The van der Waals surface area contributed by atoms with E-state index in [0.717, 1.165) is 0 Å². The Morgan fingerprint density at radius 3 is 2.11 bits per heavy atom. The van der Waals surface area contributed by atoms with Gasteiger partial charge >= 0.3 is 6.18 Å². The zero-order valence-corrected chi connectivity index (χ0v) is 10.9. The van der Waals surface area contributed by atoms with Gasteiger partial charge in [0.15, 0.2) is 0 Å². The van der Waals surface area contributed by atoms with Crippen molar-refractivity contribution in [2.75, 3.05) is 0 Å². The molecule has 0 aromatic heterocycles. The molecule has 9 heteroatoms. The molecule has 1 aromatic carbocycles. The molecule has 2 N–H and O–H groups in total. The van der Waals surface area contributed by atoms with Crippen molar-refractivity contribution in [2.45, 2.75) is 12.6 Å². The van der Waals surface area contributed by atoms with E-state index < -0.39 is 18.5 Å². The molecule has 0 spiro atoms. The Bertz CT molecular complexity index is 437. The van der Waals surface area contributed by atoms with Gasteiger partial charge in [-0.1, -0.05) is 12.1 Å². The van der Waals surface area contributed by atoms with Gasteiger partial charge in [-0.2, -0.15) is 13.2 Å². The molecule has 0 heterocycles. The number of para-hydroxylation sites is 1. The van der Waals surface area contributed by atoms with Crippen LogP contribution in [0.3, 0.4) is 0 Å². The fourth-order valence-corrected chi connectivity index (χ4v) is 1.38. The number of nitrogens with zero attached hydrogens (tertiary/aromatic N) is 1. The monoisotopic (exact) mass is 376 g/mol. The standard InChI is InChI=1S/C6H4INO2.C3H4F3NO/c7-5-3-1-2-4-6(5)8(9)10;4-3(5,6)1-2(7)8/h1-4H;1H2,(H2,7,8). The van der Waals surface area contributed by atoms with E-state index in [1.807, 2.05) is 22.6 Å². The van der Waals surface area contributed by atoms with Gasteiger partial charge in [-0.05, 0) is 28.7 Å². The minimum absolute atomic E-state index is 0.170. The summed E-state index contributed by atoms with van der Waals surface area (Å²) in [6.45, 7) is 0. The molecule has 5 nitrogen and oxygen atoms in total. The van der Waals surface area contributed by atoms with Crippen molar-refractivity contribution in [1.29, 1.82) is 0 Å². The number of carbonyl (C=O) groups is 1. The third kappa shape index (κ3) is 7.81. The average Bonchev–Trinajstić information content (AvgIpc) is 2.14. The van der Waals surface area contributed by atoms with E-state index in [9.17, 15) is 28.1 Å². The number of alkyl halides is 3. The van der Waals surface area contributed by atoms with Gasteiger partial charge < -0.3 is 5.73 Å². The lowest BCUT2D eigenvalue weighted by Crippen LogP contribution is -2.21. The Labute approximate surface area is 113 Å². The summed E-state index contributed by atoms with van der Waals surface area (Å²) in [6.07, 6.45) is -5.99. The molecule has 0 bridgehead atoms. The normalized spacial score (nSPS) is 10.2. The maximum Gasteiger partial charge on any atom is 0.397 e. The van der Waals surface area contributed by atoms with Gasteiger partial charge in [0.25, 0.3) is 5.69 Å². The SMILES string of the molecule is NC(=O)CC(F)(F)F.O=[N+]([O-])c1ccccc1I. The summed E-state index contributed by atoms with van der Waals surface area (Å²) in [5, 5.41) is 10.2. The predicted molar refractivity (Wildman–Crippen MR) is 65.7 cm³/mol. The van der Waals surface area contributed by atoms with E-state index in [0.29, 0.717) is 3.57 Å². The summed E-state index contributed by atoms with van der Waals surface area (Å²) in [5.74, 6) is -1.35. The zero-order chi connectivity index (χ0) is 14.3. The van der Waals surface area contributed by atoms with Crippen LogP contribution < -0.4 is 5.73 Å². The van der Waals surface area contributed by atoms with Crippen LogP contribution in [-0.4, -0.2) is 17.0 Å². The molecule has 1 rings (SSSR count). The molecule has 100 valence electrons. The van der Waals surface area contributed by atoms with E-state index >= 15 is 0 Å². The number of primary amides is 1. The molecule has 0 aliphatic carbocycles. The van der Waals surface area contributed by atoms with Gasteiger partial charge in [0.1, 0.15) is 6.42 Å². The largest absolute Gasteiger partial charge is 0.397 e. The highest BCUT2D eigenvalue weighted by Gasteiger charge is 2.29. The molecule has 1 aromatic rings. The molecule has 18 heavy (non-hydrogen) atoms. The van der Waals surface area contributed by atoms with Crippen molar-refractivity contribution in [1.82, 2.24) is 0 Å². The summed E-state index contributed by atoms with van der Waals surface area (Å²) >= 11 is 1.93. The highest BCUT2D eigenvalue weighted by Crippen LogP contribution is 2.18. The Hall–Kier alpha value is -1.39. The van der Waals surface area contributed by atoms with Crippen molar-refractivity contribution < 1.29 is 22.9 Å². The van der Waals surface area contributed by atoms with Crippen LogP contribution >= 0.6 is 22.6 Å². The quantitative estimate of drug-likeness (QED) is 0.489. The van der Waals surface area contributed by atoms with Crippen molar-refractivity contribution in [3.05, 3.63) is 37.9 Å². The topological polar surface area (TPSA) is 86.2 Å². The number of nitro groups is 1. The first-order valence-corrected chi connectivity index (χ1v) is 5.45. The maximum absolute atomic E-state index is 11.0. The minimum Gasteiger partial charge on any atom is -0.369 e. The lowest BCUT2D eigenvalue weighted by molar-refractivity contribution is -0.385. The maximum atomic E-state index is 11.0. The molecule has 0 unspecified atom stereocenters. The van der Waals surface area contributed by atoms with Crippen LogP contribution in [0.5, 0.6) is 0 Å². The Balaban J connectivity index is 0.000000331. The van der Waals surface area contributed by atoms with Crippen LogP contribution in [0.25, 0.3) is 0 Å². The van der Waals surface area contributed by atoms with Crippen molar-refractivity contribution in [3.63, 3.8) is 0 Å². The molecule has 0 saturated carbocycles. The number of rotatable bonds is 2. The number of halogens is 4. The molecule has 0 aliphatic rings. The van der Waals surface area contributed by atoms with Gasteiger partial charge in [-0.15, -0.1) is 0 Å². The van der Waals surface area contributed by atoms with Crippen LogP contribution in [0.15, 0.2) is 24.3 Å². The first-order chi connectivity index (χ1) is 8.13. The van der Waals surface area contributed by atoms with Gasteiger partial charge in [0, 0.05) is 6.07 Å². The second-order valence-electron chi connectivity index (χ2n) is 2.97. The van der Waals surface area contributed by atoms with Crippen LogP contribution in [0.2, 0.25) is 0 Å². The van der Waals surface area contributed by atoms with E-state index in [2.05, 4.69) is 5.73 Å². The fraction of sp³-hybridized carbons (Fsp3) is 0.222. The van der Waals surface area contributed by atoms with E-state index in [1.54, 1.807) is 18.2 Å². The highest BCUT2D eigenvalue weighted by atomic mass is 127. The van der Waals surface area contributed by atoms with Crippen LogP contribution in [0.1, 0.15) is 6.42 Å². The molecule has 0 fully saturated rings. The number of amides is 1. The summed E-state index contributed by atoms with van der Waals surface area (Å²) in [5.41, 5.74) is 4.39. The lowest BCUT2D eigenvalue weighted by Gasteiger charge is -1.99. The number of nitro benzene ring substituents is 1. The van der Waals surface area contributed by atoms with E-state index in [4.69, 9.17) is 0 Å². The molecule has 0 aliphatic heterocycles. The van der Waals surface area contributed by atoms with Gasteiger partial charge in [0.2, 0.25) is 5.91 Å². The van der Waals surface area contributed by atoms with Crippen LogP contribution in [0, 0.1) is 13.7 Å². The summed E-state index contributed by atoms with van der Waals surface area (Å²) in [4.78, 5) is 19.4. The second-order valence-corrected chi connectivity index (χ2v) is 4.13. The Morgan fingerprint density at radius 1 is 1.39 bits per heavy atom. The first kappa shape index (κ1) is 16.6. The molecule has 1 amide bonds. The average molecular weight is 376 g/mol. The van der Waals surface area contributed by atoms with Crippen LogP contribution in [0.4, 0.5) is 18.9 Å². The summed E-state index contributed by atoms with van der Waals surface area (Å²) < 4.78 is 33.7. The van der Waals surface area contributed by atoms with Crippen molar-refractivity contribution in [2.24, 2.45) is 5.73 Å². The third-order valence-corrected chi connectivity index (χ3v) is 2.34. The van der Waals surface area contributed by atoms with Gasteiger partial charge in [0.05, 0.1) is 8.49 Å². The number of nitrogens with two attached hydrogens (primary N) is 1. The Kier molecular flexibility index (Phi) is 6.58. The third-order valence-electron chi connectivity index (χ3n) is 1.42. The lowest BCUT2D eigenvalue weighted by atomic mass is 10.3. The van der Waals surface area contributed by atoms with Gasteiger partial charge in [-0.25, -0.2) is 0 Å². The number of carbonyl (C=O) groups excluding carboxylic acids is 1. The zero-order valence-electron chi connectivity index (χ0n) is 8.78.